The fourth-order valence-electron chi connectivity index (χ4n) is 1.02. The van der Waals surface area contributed by atoms with Gasteiger partial charge in [0.1, 0.15) is 0 Å². The summed E-state index contributed by atoms with van der Waals surface area (Å²) in [6.07, 6.45) is 1.80. The Morgan fingerprint density at radius 3 is 2.46 bits per heavy atom. The Kier molecular flexibility index (Phi) is 3.26. The lowest BCUT2D eigenvalue weighted by Gasteiger charge is -1.98. The first-order chi connectivity index (χ1) is 6.24. The number of rotatable bonds is 2. The van der Waals surface area contributed by atoms with E-state index in [2.05, 4.69) is 4.74 Å². The van der Waals surface area contributed by atoms with Gasteiger partial charge >= 0.3 is 5.97 Å². The second-order valence-electron chi connectivity index (χ2n) is 2.73. The number of carbonyl (C=O) groups excluding carboxylic acids is 1. The first kappa shape index (κ1) is 9.52. The Hall–Kier alpha value is -1.57. The minimum absolute atomic E-state index is 0.288. The van der Waals surface area contributed by atoms with Crippen molar-refractivity contribution in [2.24, 2.45) is 0 Å². The smallest absolute Gasteiger partial charge is 0.333 e. The molecule has 0 atom stereocenters. The van der Waals surface area contributed by atoms with E-state index >= 15 is 0 Å². The molecule has 68 valence electrons. The van der Waals surface area contributed by atoms with E-state index in [0.717, 1.165) is 5.56 Å². The van der Waals surface area contributed by atoms with Crippen molar-refractivity contribution in [1.82, 2.24) is 0 Å². The van der Waals surface area contributed by atoms with E-state index in [1.54, 1.807) is 13.0 Å². The molecule has 0 spiro atoms. The zero-order chi connectivity index (χ0) is 9.68. The van der Waals surface area contributed by atoms with Gasteiger partial charge in [0.15, 0.2) is 0 Å². The van der Waals surface area contributed by atoms with Gasteiger partial charge in [-0.05, 0) is 18.6 Å². The van der Waals surface area contributed by atoms with Crippen LogP contribution in [0.3, 0.4) is 0 Å². The van der Waals surface area contributed by atoms with Crippen molar-refractivity contribution in [1.29, 1.82) is 0 Å². The van der Waals surface area contributed by atoms with Crippen molar-refractivity contribution >= 4 is 12.0 Å². The molecule has 0 fully saturated rings. The summed E-state index contributed by atoms with van der Waals surface area (Å²) in [6, 6.07) is 9.66. The molecule has 1 aromatic carbocycles. The molecular formula is C11H12O2. The van der Waals surface area contributed by atoms with E-state index in [-0.39, 0.29) is 5.97 Å². The van der Waals surface area contributed by atoms with Gasteiger partial charge in [0, 0.05) is 5.57 Å². The lowest BCUT2D eigenvalue weighted by molar-refractivity contribution is -0.135. The third-order valence-electron chi connectivity index (χ3n) is 1.69. The highest BCUT2D eigenvalue weighted by Crippen LogP contribution is 2.06. The molecular weight excluding hydrogens is 164 g/mol. The second-order valence-corrected chi connectivity index (χ2v) is 2.73. The highest BCUT2D eigenvalue weighted by molar-refractivity contribution is 5.92. The van der Waals surface area contributed by atoms with Crippen molar-refractivity contribution in [2.45, 2.75) is 6.92 Å². The van der Waals surface area contributed by atoms with Crippen LogP contribution in [0, 0.1) is 0 Å². The van der Waals surface area contributed by atoms with E-state index < -0.39 is 0 Å². The van der Waals surface area contributed by atoms with Crippen LogP contribution in [0.25, 0.3) is 6.08 Å². The predicted molar refractivity (Wildman–Crippen MR) is 52.1 cm³/mol. The molecule has 0 heterocycles. The molecule has 0 N–H and O–H groups in total. The van der Waals surface area contributed by atoms with Crippen LogP contribution in [0.15, 0.2) is 35.9 Å². The summed E-state index contributed by atoms with van der Waals surface area (Å²) >= 11 is 0. The standard InChI is InChI=1S/C11H12O2/c1-9(11(12)13-2)8-10-6-4-3-5-7-10/h3-8H,1-2H3. The van der Waals surface area contributed by atoms with Gasteiger partial charge in [-0.15, -0.1) is 0 Å². The van der Waals surface area contributed by atoms with E-state index in [1.807, 2.05) is 30.3 Å². The van der Waals surface area contributed by atoms with E-state index in [1.165, 1.54) is 7.11 Å². The first-order valence-corrected chi connectivity index (χ1v) is 4.05. The van der Waals surface area contributed by atoms with Crippen molar-refractivity contribution in [3.05, 3.63) is 41.5 Å². The summed E-state index contributed by atoms with van der Waals surface area (Å²) in [5.74, 6) is -0.288. The number of carbonyl (C=O) groups is 1. The quantitative estimate of drug-likeness (QED) is 0.510. The maximum Gasteiger partial charge on any atom is 0.333 e. The summed E-state index contributed by atoms with van der Waals surface area (Å²) in [6.45, 7) is 1.73. The van der Waals surface area contributed by atoms with Gasteiger partial charge < -0.3 is 4.74 Å². The van der Waals surface area contributed by atoms with E-state index in [4.69, 9.17) is 0 Å². The highest BCUT2D eigenvalue weighted by atomic mass is 16.5. The minimum atomic E-state index is -0.288. The molecule has 0 unspecified atom stereocenters. The van der Waals surface area contributed by atoms with Gasteiger partial charge in [0.05, 0.1) is 7.11 Å². The topological polar surface area (TPSA) is 26.3 Å². The molecule has 1 rings (SSSR count). The van der Waals surface area contributed by atoms with Crippen LogP contribution in [0.4, 0.5) is 0 Å². The van der Waals surface area contributed by atoms with Crippen LogP contribution in [-0.4, -0.2) is 13.1 Å². The van der Waals surface area contributed by atoms with Crippen LogP contribution in [0.5, 0.6) is 0 Å². The van der Waals surface area contributed by atoms with Gasteiger partial charge in [0.2, 0.25) is 0 Å². The van der Waals surface area contributed by atoms with Crippen molar-refractivity contribution in [3.8, 4) is 0 Å². The Labute approximate surface area is 77.8 Å². The number of benzene rings is 1. The fourth-order valence-corrected chi connectivity index (χ4v) is 1.02. The van der Waals surface area contributed by atoms with E-state index in [9.17, 15) is 4.79 Å². The Bertz CT molecular complexity index is 312. The van der Waals surface area contributed by atoms with Crippen LogP contribution in [0.2, 0.25) is 0 Å². The SMILES string of the molecule is COC(=O)C(C)=Cc1ccccc1. The third-order valence-corrected chi connectivity index (χ3v) is 1.69. The average molecular weight is 176 g/mol. The van der Waals surface area contributed by atoms with Gasteiger partial charge in [-0.25, -0.2) is 4.79 Å². The monoisotopic (exact) mass is 176 g/mol. The molecule has 13 heavy (non-hydrogen) atoms. The molecule has 0 saturated carbocycles. The molecule has 0 bridgehead atoms. The Morgan fingerprint density at radius 1 is 1.31 bits per heavy atom. The van der Waals surface area contributed by atoms with Crippen molar-refractivity contribution < 1.29 is 9.53 Å². The van der Waals surface area contributed by atoms with Crippen LogP contribution in [0.1, 0.15) is 12.5 Å². The summed E-state index contributed by atoms with van der Waals surface area (Å²) in [5, 5.41) is 0. The minimum Gasteiger partial charge on any atom is -0.466 e. The Morgan fingerprint density at radius 2 is 1.92 bits per heavy atom. The third kappa shape index (κ3) is 2.75. The summed E-state index contributed by atoms with van der Waals surface area (Å²) in [5.41, 5.74) is 1.61. The summed E-state index contributed by atoms with van der Waals surface area (Å²) in [7, 11) is 1.38. The van der Waals surface area contributed by atoms with Crippen LogP contribution < -0.4 is 0 Å². The lowest BCUT2D eigenvalue weighted by Crippen LogP contribution is -2.00. The predicted octanol–water partition coefficient (Wildman–Crippen LogP) is 2.26. The number of esters is 1. The van der Waals surface area contributed by atoms with Gasteiger partial charge in [-0.3, -0.25) is 0 Å². The fraction of sp³-hybridized carbons (Fsp3) is 0.182. The second kappa shape index (κ2) is 4.45. The molecule has 0 aromatic heterocycles. The Balaban J connectivity index is 2.83. The highest BCUT2D eigenvalue weighted by Gasteiger charge is 2.01. The molecule has 0 saturated heterocycles. The molecule has 0 aliphatic rings. The zero-order valence-corrected chi connectivity index (χ0v) is 7.78. The number of hydrogen-bond acceptors (Lipinski definition) is 2. The largest absolute Gasteiger partial charge is 0.466 e. The van der Waals surface area contributed by atoms with Gasteiger partial charge in [-0.1, -0.05) is 30.3 Å². The number of hydrogen-bond donors (Lipinski definition) is 0. The zero-order valence-electron chi connectivity index (χ0n) is 7.78. The summed E-state index contributed by atoms with van der Waals surface area (Å²) in [4.78, 5) is 11.0. The summed E-state index contributed by atoms with van der Waals surface area (Å²) < 4.78 is 4.58. The van der Waals surface area contributed by atoms with E-state index in [0.29, 0.717) is 5.57 Å². The molecule has 1 aromatic rings. The van der Waals surface area contributed by atoms with Crippen LogP contribution in [-0.2, 0) is 9.53 Å². The van der Waals surface area contributed by atoms with Gasteiger partial charge in [0.25, 0.3) is 0 Å². The molecule has 2 nitrogen and oxygen atoms in total. The van der Waals surface area contributed by atoms with Gasteiger partial charge in [-0.2, -0.15) is 0 Å². The first-order valence-electron chi connectivity index (χ1n) is 4.05. The molecule has 0 aliphatic heterocycles. The average Bonchev–Trinajstić information content (AvgIpc) is 2.18. The number of methoxy groups -OCH3 is 1. The normalized spacial score (nSPS) is 11.1. The molecule has 0 radical (unpaired) electrons. The van der Waals surface area contributed by atoms with Crippen molar-refractivity contribution in [3.63, 3.8) is 0 Å². The van der Waals surface area contributed by atoms with Crippen molar-refractivity contribution in [2.75, 3.05) is 7.11 Å². The number of ether oxygens (including phenoxy) is 1. The maximum atomic E-state index is 11.0. The molecule has 0 amide bonds. The molecule has 2 heteroatoms. The maximum absolute atomic E-state index is 11.0. The lowest BCUT2D eigenvalue weighted by atomic mass is 10.1. The molecule has 0 aliphatic carbocycles. The van der Waals surface area contributed by atoms with Crippen LogP contribution >= 0.6 is 0 Å².